The summed E-state index contributed by atoms with van der Waals surface area (Å²) in [5.41, 5.74) is 6.44. The Morgan fingerprint density at radius 1 is 0.824 bits per heavy atom. The first-order valence-electron chi connectivity index (χ1n) is 19.3. The third kappa shape index (κ3) is 20.2. The van der Waals surface area contributed by atoms with Gasteiger partial charge >= 0.3 is 36.4 Å². The summed E-state index contributed by atoms with van der Waals surface area (Å²) in [5, 5.41) is 22.4. The lowest BCUT2D eigenvalue weighted by Gasteiger charge is -2.39. The zero-order valence-electron chi connectivity index (χ0n) is 36.5. The molecule has 0 radical (unpaired) electrons. The number of carboxylic acids is 3. The van der Waals surface area contributed by atoms with Gasteiger partial charge in [-0.1, -0.05) is 41.4 Å². The van der Waals surface area contributed by atoms with Crippen molar-refractivity contribution in [1.29, 1.82) is 0 Å². The topological polar surface area (TPSA) is 250 Å². The standard InChI is InChI=1S/C33H44Cl2N6O5S.3C2HF3O2/c1-22-11-12-23-8-6-10-27(31(23)37-22)46-21-25-26(34)13-14-28(30(25)35)47(44,45)38-33(2,3)32(43)41-18-16-40(17-19-41)29(42)20-24(36)9-7-15-39(4)5;3*3-2(4,5)1(6)7/h6,8,10-14,24,38H,7,9,15-21,36H2,1-5H3;3*(H,6,7)/t24-;;;/m0.../s1. The fourth-order valence-electron chi connectivity index (χ4n) is 5.51. The van der Waals surface area contributed by atoms with Gasteiger partial charge in [0.1, 0.15) is 28.3 Å². The number of piperazine rings is 1. The maximum absolute atomic E-state index is 13.6. The normalized spacial score (nSPS) is 13.8. The lowest BCUT2D eigenvalue weighted by molar-refractivity contribution is -0.193. The van der Waals surface area contributed by atoms with Gasteiger partial charge in [-0.3, -0.25) is 9.59 Å². The number of hydrogen-bond donors (Lipinski definition) is 5. The Labute approximate surface area is 392 Å². The number of nitrogens with zero attached hydrogens (tertiary/aromatic N) is 4. The smallest absolute Gasteiger partial charge is 0.487 e. The van der Waals surface area contributed by atoms with E-state index in [9.17, 15) is 57.5 Å². The molecule has 2 amide bonds. The van der Waals surface area contributed by atoms with E-state index in [1.807, 2.05) is 45.3 Å². The van der Waals surface area contributed by atoms with E-state index < -0.39 is 57.9 Å². The number of aryl methyl sites for hydroxylation is 1. The number of amides is 2. The van der Waals surface area contributed by atoms with Gasteiger partial charge in [-0.25, -0.2) is 27.8 Å². The molecule has 1 fully saturated rings. The van der Waals surface area contributed by atoms with E-state index in [1.165, 1.54) is 26.0 Å². The Morgan fingerprint density at radius 2 is 1.31 bits per heavy atom. The van der Waals surface area contributed by atoms with E-state index in [0.29, 0.717) is 24.4 Å². The largest absolute Gasteiger partial charge is 0.490 e. The number of carbonyl (C=O) groups is 5. The highest BCUT2D eigenvalue weighted by molar-refractivity contribution is 7.89. The highest BCUT2D eigenvalue weighted by Crippen LogP contribution is 2.34. The number of carboxylic acid groups (broad SMARTS) is 3. The number of alkyl halides is 9. The number of aromatic nitrogens is 1. The summed E-state index contributed by atoms with van der Waals surface area (Å²) < 4.78 is 131. The van der Waals surface area contributed by atoms with Gasteiger partial charge in [0, 0.05) is 60.3 Å². The number of ether oxygens (including phenoxy) is 1. The van der Waals surface area contributed by atoms with Crippen molar-refractivity contribution < 1.29 is 92.0 Å². The summed E-state index contributed by atoms with van der Waals surface area (Å²) in [6.45, 7) is 6.92. The Hall–Kier alpha value is -5.22. The number of para-hydroxylation sites is 1. The molecule has 1 aromatic heterocycles. The molecular weight excluding hydrogens is 1000 g/mol. The van der Waals surface area contributed by atoms with Gasteiger partial charge in [0.05, 0.1) is 5.02 Å². The van der Waals surface area contributed by atoms with Gasteiger partial charge in [0.2, 0.25) is 21.8 Å². The Balaban J connectivity index is 0.000000910. The maximum Gasteiger partial charge on any atom is 0.490 e. The molecule has 68 heavy (non-hydrogen) atoms. The van der Waals surface area contributed by atoms with E-state index in [4.69, 9.17) is 63.4 Å². The second kappa shape index (κ2) is 25.4. The number of sulfonamides is 1. The van der Waals surface area contributed by atoms with Crippen LogP contribution in [0.25, 0.3) is 10.9 Å². The van der Waals surface area contributed by atoms with Crippen molar-refractivity contribution in [1.82, 2.24) is 24.4 Å². The zero-order chi connectivity index (χ0) is 52.7. The van der Waals surface area contributed by atoms with E-state index in [2.05, 4.69) is 14.6 Å². The number of halogens is 11. The molecule has 2 aromatic carbocycles. The van der Waals surface area contributed by atoms with Crippen LogP contribution in [-0.2, 0) is 40.6 Å². The van der Waals surface area contributed by atoms with Crippen molar-refractivity contribution in [3.05, 3.63) is 63.8 Å². The summed E-state index contributed by atoms with van der Waals surface area (Å²) in [6, 6.07) is 11.9. The third-order valence-corrected chi connectivity index (χ3v) is 11.4. The Bertz CT molecular complexity index is 2290. The third-order valence-electron chi connectivity index (χ3n) is 8.82. The van der Waals surface area contributed by atoms with E-state index in [-0.39, 0.29) is 58.6 Å². The Morgan fingerprint density at radius 3 is 1.78 bits per heavy atom. The lowest BCUT2D eigenvalue weighted by atomic mass is 10.0. The van der Waals surface area contributed by atoms with Crippen LogP contribution in [0.1, 0.15) is 44.4 Å². The van der Waals surface area contributed by atoms with Crippen LogP contribution < -0.4 is 15.2 Å². The minimum absolute atomic E-state index is 0.0431. The number of benzene rings is 2. The molecule has 17 nitrogen and oxygen atoms in total. The van der Waals surface area contributed by atoms with Crippen molar-refractivity contribution in [3.63, 3.8) is 0 Å². The summed E-state index contributed by atoms with van der Waals surface area (Å²) in [5.74, 6) is -8.23. The van der Waals surface area contributed by atoms with E-state index in [1.54, 1.807) is 15.9 Å². The first kappa shape index (κ1) is 60.8. The predicted molar refractivity (Wildman–Crippen MR) is 226 cm³/mol. The number of hydrogen-bond acceptors (Lipinski definition) is 11. The first-order chi connectivity index (χ1) is 30.9. The minimum atomic E-state index is -5.08. The van der Waals surface area contributed by atoms with E-state index >= 15 is 0 Å². The predicted octanol–water partition coefficient (Wildman–Crippen LogP) is 6.12. The minimum Gasteiger partial charge on any atom is -0.487 e. The molecule has 4 rings (SSSR count). The molecule has 0 unspecified atom stereocenters. The molecule has 382 valence electrons. The van der Waals surface area contributed by atoms with Crippen LogP contribution in [0.3, 0.4) is 0 Å². The number of nitrogens with two attached hydrogens (primary N) is 1. The second-order valence-electron chi connectivity index (χ2n) is 15.1. The zero-order valence-corrected chi connectivity index (χ0v) is 38.9. The number of aliphatic carboxylic acids is 3. The van der Waals surface area contributed by atoms with E-state index in [0.717, 1.165) is 30.5 Å². The molecule has 1 atom stereocenters. The molecule has 29 heteroatoms. The second-order valence-corrected chi connectivity index (χ2v) is 17.6. The van der Waals surface area contributed by atoms with Crippen LogP contribution in [0, 0.1) is 6.92 Å². The number of carbonyl (C=O) groups excluding carboxylic acids is 2. The molecule has 0 bridgehead atoms. The molecule has 0 aliphatic carbocycles. The molecule has 1 saturated heterocycles. The summed E-state index contributed by atoms with van der Waals surface area (Å²) in [7, 11) is -0.291. The van der Waals surface area contributed by atoms with Crippen molar-refractivity contribution in [2.75, 3.05) is 46.8 Å². The first-order valence-corrected chi connectivity index (χ1v) is 21.5. The van der Waals surface area contributed by atoms with Crippen LogP contribution in [0.5, 0.6) is 5.75 Å². The SMILES string of the molecule is Cc1ccc2cccc(OCc3c(Cl)ccc(S(=O)(=O)NC(C)(C)C(=O)N4CCN(C(=O)C[C@@H](N)CCCN(C)C)CC4)c3Cl)c2n1.O=C(O)C(F)(F)F.O=C(O)C(F)(F)F.O=C(O)C(F)(F)F. The number of rotatable bonds is 13. The average Bonchev–Trinajstić information content (AvgIpc) is 3.19. The van der Waals surface area contributed by atoms with Gasteiger partial charge in [0.15, 0.2) is 0 Å². The fraction of sp³-hybridized carbons (Fsp3) is 0.487. The van der Waals surface area contributed by atoms with Crippen molar-refractivity contribution in [2.45, 2.75) is 81.6 Å². The molecule has 2 heterocycles. The highest BCUT2D eigenvalue weighted by atomic mass is 35.5. The van der Waals surface area contributed by atoms with Crippen LogP contribution >= 0.6 is 23.2 Å². The summed E-state index contributed by atoms with van der Waals surface area (Å²) in [4.78, 5) is 62.7. The van der Waals surface area contributed by atoms with Crippen LogP contribution in [0.15, 0.2) is 47.4 Å². The molecule has 3 aromatic rings. The van der Waals surface area contributed by atoms with Gasteiger partial charge in [-0.15, -0.1) is 0 Å². The lowest BCUT2D eigenvalue weighted by Crippen LogP contribution is -2.60. The summed E-state index contributed by atoms with van der Waals surface area (Å²) in [6.07, 6.45) is -13.3. The molecule has 0 saturated carbocycles. The average molecular weight is 1050 g/mol. The van der Waals surface area contributed by atoms with Crippen LogP contribution in [0.4, 0.5) is 39.5 Å². The van der Waals surface area contributed by atoms with Gasteiger partial charge < -0.3 is 40.5 Å². The summed E-state index contributed by atoms with van der Waals surface area (Å²) >= 11 is 13.1. The fourth-order valence-corrected chi connectivity index (χ4v) is 7.77. The molecule has 0 spiro atoms. The van der Waals surface area contributed by atoms with Crippen molar-refractivity contribution in [3.8, 4) is 5.75 Å². The number of pyridine rings is 1. The van der Waals surface area contributed by atoms with Gasteiger partial charge in [0.25, 0.3) is 0 Å². The maximum atomic E-state index is 13.6. The van der Waals surface area contributed by atoms with Crippen LogP contribution in [-0.4, -0.2) is 150 Å². The quantitative estimate of drug-likeness (QED) is 0.121. The molecule has 1 aliphatic heterocycles. The van der Waals surface area contributed by atoms with Crippen molar-refractivity contribution >= 4 is 73.9 Å². The van der Waals surface area contributed by atoms with Crippen molar-refractivity contribution in [2.24, 2.45) is 5.73 Å². The highest BCUT2D eigenvalue weighted by Gasteiger charge is 2.41. The monoisotopic (exact) mass is 1050 g/mol. The van der Waals surface area contributed by atoms with Crippen LogP contribution in [0.2, 0.25) is 10.0 Å². The Kier molecular flexibility index (Phi) is 22.7. The molecule has 1 aliphatic rings. The number of nitrogens with one attached hydrogen (secondary N) is 1. The molecule has 6 N–H and O–H groups in total. The number of fused-ring (bicyclic) bond motifs is 1. The van der Waals surface area contributed by atoms with Gasteiger partial charge in [-0.05, 0) is 78.5 Å². The van der Waals surface area contributed by atoms with Gasteiger partial charge in [-0.2, -0.15) is 44.2 Å². The molecular formula is C39H47Cl2F9N6O11S.